The van der Waals surface area contributed by atoms with Crippen LogP contribution in [0.4, 0.5) is 0 Å². The van der Waals surface area contributed by atoms with Gasteiger partial charge in [-0.05, 0) is 62.9 Å². The molecule has 1 aliphatic carbocycles. The van der Waals surface area contributed by atoms with Crippen LogP contribution in [0.1, 0.15) is 48.8 Å². The summed E-state index contributed by atoms with van der Waals surface area (Å²) in [7, 11) is 3.77. The van der Waals surface area contributed by atoms with E-state index in [1.807, 2.05) is 0 Å². The molecule has 3 rings (SSSR count). The summed E-state index contributed by atoms with van der Waals surface area (Å²) in [6.45, 7) is 1.57. The molecule has 1 aromatic carbocycles. The van der Waals surface area contributed by atoms with Crippen LogP contribution in [0.3, 0.4) is 0 Å². The molecule has 1 aliphatic heterocycles. The number of benzene rings is 1. The lowest BCUT2D eigenvalue weighted by atomic mass is 10.0. The number of nitrogens with zero attached hydrogens (tertiary/aromatic N) is 1. The minimum absolute atomic E-state index is 0.0120. The highest BCUT2D eigenvalue weighted by Gasteiger charge is 2.24. The first kappa shape index (κ1) is 16.3. The molecule has 23 heavy (non-hydrogen) atoms. The summed E-state index contributed by atoms with van der Waals surface area (Å²) in [6.07, 6.45) is 8.04. The van der Waals surface area contributed by atoms with E-state index in [1.165, 1.54) is 30.4 Å². The summed E-state index contributed by atoms with van der Waals surface area (Å²) >= 11 is 0. The predicted molar refractivity (Wildman–Crippen MR) is 91.8 cm³/mol. The van der Waals surface area contributed by atoms with Crippen LogP contribution >= 0.6 is 0 Å². The molecule has 0 unspecified atom stereocenters. The number of methoxy groups -OCH3 is 1. The number of amides is 1. The van der Waals surface area contributed by atoms with E-state index >= 15 is 0 Å². The number of carbonyl (C=O) groups excluding carboxylic acids is 1. The summed E-state index contributed by atoms with van der Waals surface area (Å²) in [5, 5.41) is 3.13. The van der Waals surface area contributed by atoms with Crippen molar-refractivity contribution < 1.29 is 9.53 Å². The number of ether oxygens (including phenoxy) is 1. The van der Waals surface area contributed by atoms with Crippen molar-refractivity contribution in [2.24, 2.45) is 0 Å². The van der Waals surface area contributed by atoms with E-state index in [9.17, 15) is 4.79 Å². The van der Waals surface area contributed by atoms with E-state index in [1.54, 1.807) is 7.11 Å². The first-order valence-corrected chi connectivity index (χ1v) is 8.85. The monoisotopic (exact) mass is 316 g/mol. The third-order valence-electron chi connectivity index (χ3n) is 5.27. The van der Waals surface area contributed by atoms with Crippen LogP contribution in [0.2, 0.25) is 0 Å². The van der Waals surface area contributed by atoms with Crippen LogP contribution < -0.4 is 10.1 Å². The van der Waals surface area contributed by atoms with Crippen molar-refractivity contribution in [3.63, 3.8) is 0 Å². The number of likely N-dealkylation sites (N-methyl/N-ethyl adjacent to an activating group) is 1. The smallest absolute Gasteiger partial charge is 0.237 e. The Hall–Kier alpha value is -1.55. The normalized spacial score (nSPS) is 21.6. The van der Waals surface area contributed by atoms with Gasteiger partial charge in [0.05, 0.1) is 13.2 Å². The van der Waals surface area contributed by atoms with E-state index in [0.29, 0.717) is 6.54 Å². The zero-order valence-corrected chi connectivity index (χ0v) is 14.4. The average Bonchev–Trinajstić information content (AvgIpc) is 2.90. The molecule has 1 amide bonds. The molecule has 0 aromatic heterocycles. The van der Waals surface area contributed by atoms with Gasteiger partial charge in [-0.3, -0.25) is 9.69 Å². The van der Waals surface area contributed by atoms with Crippen molar-refractivity contribution >= 4 is 5.91 Å². The lowest BCUT2D eigenvalue weighted by Crippen LogP contribution is -2.44. The maximum atomic E-state index is 12.6. The molecule has 0 saturated carbocycles. The molecule has 1 N–H and O–H groups in total. The number of hydrogen-bond acceptors (Lipinski definition) is 3. The van der Waals surface area contributed by atoms with Crippen LogP contribution in [-0.4, -0.2) is 37.6 Å². The highest BCUT2D eigenvalue weighted by molar-refractivity contribution is 5.81. The maximum absolute atomic E-state index is 12.6. The lowest BCUT2D eigenvalue weighted by Gasteiger charge is -2.24. The highest BCUT2D eigenvalue weighted by Crippen LogP contribution is 2.29. The summed E-state index contributed by atoms with van der Waals surface area (Å²) in [5.41, 5.74) is 3.92. The van der Waals surface area contributed by atoms with Gasteiger partial charge in [0.25, 0.3) is 0 Å². The van der Waals surface area contributed by atoms with Crippen molar-refractivity contribution in [1.82, 2.24) is 10.2 Å². The summed E-state index contributed by atoms with van der Waals surface area (Å²) in [4.78, 5) is 14.8. The summed E-state index contributed by atoms with van der Waals surface area (Å²) in [5.74, 6) is 1.05. The molecule has 1 atom stereocenters. The molecule has 1 heterocycles. The molecule has 2 aliphatic rings. The number of rotatable bonds is 4. The number of nitrogens with one attached hydrogen (secondary N) is 1. The van der Waals surface area contributed by atoms with Crippen molar-refractivity contribution in [3.05, 3.63) is 28.8 Å². The Labute approximate surface area is 139 Å². The summed E-state index contributed by atoms with van der Waals surface area (Å²) < 4.78 is 5.53. The van der Waals surface area contributed by atoms with Gasteiger partial charge in [0, 0.05) is 12.1 Å². The Bertz CT molecular complexity index is 571. The molecule has 1 aromatic rings. The van der Waals surface area contributed by atoms with E-state index in [4.69, 9.17) is 4.74 Å². The van der Waals surface area contributed by atoms with E-state index in [-0.39, 0.29) is 11.9 Å². The van der Waals surface area contributed by atoms with Gasteiger partial charge >= 0.3 is 0 Å². The van der Waals surface area contributed by atoms with Crippen LogP contribution in [-0.2, 0) is 24.2 Å². The van der Waals surface area contributed by atoms with Crippen LogP contribution in [0, 0.1) is 0 Å². The third-order valence-corrected chi connectivity index (χ3v) is 5.27. The number of hydrogen-bond donors (Lipinski definition) is 1. The molecular weight excluding hydrogens is 288 g/mol. The van der Waals surface area contributed by atoms with Crippen LogP contribution in [0.5, 0.6) is 5.75 Å². The van der Waals surface area contributed by atoms with Gasteiger partial charge in [0.1, 0.15) is 5.75 Å². The van der Waals surface area contributed by atoms with Crippen molar-refractivity contribution in [3.8, 4) is 5.75 Å². The van der Waals surface area contributed by atoms with Crippen molar-refractivity contribution in [1.29, 1.82) is 0 Å². The zero-order valence-electron chi connectivity index (χ0n) is 14.4. The van der Waals surface area contributed by atoms with Crippen LogP contribution in [0.15, 0.2) is 12.1 Å². The molecule has 1 saturated heterocycles. The number of fused-ring (bicyclic) bond motifs is 1. The fourth-order valence-electron chi connectivity index (χ4n) is 3.86. The minimum Gasteiger partial charge on any atom is -0.496 e. The molecule has 0 spiro atoms. The maximum Gasteiger partial charge on any atom is 0.237 e. The first-order chi connectivity index (χ1) is 11.2. The van der Waals surface area contributed by atoms with Gasteiger partial charge in [-0.2, -0.15) is 0 Å². The average molecular weight is 316 g/mol. The predicted octanol–water partition coefficient (Wildman–Crippen LogP) is 2.67. The lowest BCUT2D eigenvalue weighted by molar-refractivity contribution is -0.126. The van der Waals surface area contributed by atoms with E-state index < -0.39 is 0 Å². The number of likely N-dealkylation sites (tertiary alicyclic amines) is 1. The molecule has 0 bridgehead atoms. The Morgan fingerprint density at radius 2 is 2.00 bits per heavy atom. The van der Waals surface area contributed by atoms with Crippen molar-refractivity contribution in [2.75, 3.05) is 20.7 Å². The zero-order chi connectivity index (χ0) is 16.2. The second-order valence-corrected chi connectivity index (χ2v) is 6.85. The van der Waals surface area contributed by atoms with Crippen molar-refractivity contribution in [2.45, 2.75) is 57.5 Å². The standard InChI is InChI=1S/C19H28N2O2/c1-21-10-5-3-4-9-17(21)19(22)20-13-16-11-14-7-6-8-15(14)12-18(16)23-2/h11-12,17H,3-10,13H2,1-2H3,(H,20,22)/t17-/m0/s1. The molecule has 0 radical (unpaired) electrons. The van der Waals surface area contributed by atoms with Gasteiger partial charge < -0.3 is 10.1 Å². The van der Waals surface area contributed by atoms with Gasteiger partial charge in [-0.15, -0.1) is 0 Å². The molecule has 4 heteroatoms. The number of carbonyl (C=O) groups is 1. The quantitative estimate of drug-likeness (QED) is 0.928. The third kappa shape index (κ3) is 3.69. The number of aryl methyl sites for hydroxylation is 2. The topological polar surface area (TPSA) is 41.6 Å². The molecule has 126 valence electrons. The second-order valence-electron chi connectivity index (χ2n) is 6.85. The molecule has 1 fully saturated rings. The fourth-order valence-corrected chi connectivity index (χ4v) is 3.86. The highest BCUT2D eigenvalue weighted by atomic mass is 16.5. The largest absolute Gasteiger partial charge is 0.496 e. The fraction of sp³-hybridized carbons (Fsp3) is 0.632. The summed E-state index contributed by atoms with van der Waals surface area (Å²) in [6, 6.07) is 4.39. The Balaban J connectivity index is 1.66. The van der Waals surface area contributed by atoms with E-state index in [2.05, 4.69) is 29.4 Å². The van der Waals surface area contributed by atoms with Gasteiger partial charge in [-0.1, -0.05) is 18.9 Å². The second kappa shape index (κ2) is 7.35. The van der Waals surface area contributed by atoms with Crippen LogP contribution in [0.25, 0.3) is 0 Å². The van der Waals surface area contributed by atoms with Gasteiger partial charge in [-0.25, -0.2) is 0 Å². The van der Waals surface area contributed by atoms with Gasteiger partial charge in [0.15, 0.2) is 0 Å². The minimum atomic E-state index is 0.0120. The molecule has 4 nitrogen and oxygen atoms in total. The Morgan fingerprint density at radius 1 is 1.22 bits per heavy atom. The molecular formula is C19H28N2O2. The Kier molecular flexibility index (Phi) is 5.21. The van der Waals surface area contributed by atoms with E-state index in [0.717, 1.165) is 43.5 Å². The van der Waals surface area contributed by atoms with Gasteiger partial charge in [0.2, 0.25) is 5.91 Å². The SMILES string of the molecule is COc1cc2c(cc1CNC(=O)[C@@H]1CCCCCN1C)CCC2. The Morgan fingerprint density at radius 3 is 2.78 bits per heavy atom. The first-order valence-electron chi connectivity index (χ1n) is 8.85.